The van der Waals surface area contributed by atoms with E-state index < -0.39 is 0 Å². The second-order valence-electron chi connectivity index (χ2n) is 7.27. The van der Waals surface area contributed by atoms with Crippen molar-refractivity contribution in [2.45, 2.75) is 26.1 Å². The number of thiophene rings is 1. The Bertz CT molecular complexity index is 943. The zero-order chi connectivity index (χ0) is 21.3. The molecular weight excluding hydrogens is 396 g/mol. The minimum Gasteiger partial charge on any atom is -0.497 e. The molecule has 0 fully saturated rings. The van der Waals surface area contributed by atoms with Crippen molar-refractivity contribution in [2.75, 3.05) is 20.7 Å². The van der Waals surface area contributed by atoms with Gasteiger partial charge in [0, 0.05) is 23.5 Å². The molecule has 30 heavy (non-hydrogen) atoms. The minimum atomic E-state index is -0.154. The number of carbonyl (C=O) groups excluding carboxylic acids is 1. The average Bonchev–Trinajstić information content (AvgIpc) is 3.25. The van der Waals surface area contributed by atoms with Gasteiger partial charge in [0.1, 0.15) is 17.6 Å². The maximum Gasteiger partial charge on any atom is 0.251 e. The maximum absolute atomic E-state index is 12.3. The first kappa shape index (κ1) is 21.9. The van der Waals surface area contributed by atoms with Gasteiger partial charge in [-0.15, -0.1) is 11.3 Å². The van der Waals surface area contributed by atoms with Crippen molar-refractivity contribution in [3.8, 4) is 11.5 Å². The number of rotatable bonds is 10. The predicted octanol–water partition coefficient (Wildman–Crippen LogP) is 4.59. The summed E-state index contributed by atoms with van der Waals surface area (Å²) in [5.74, 6) is 1.32. The number of hydrogen-bond donors (Lipinski definition) is 1. The molecule has 3 rings (SSSR count). The van der Waals surface area contributed by atoms with Crippen LogP contribution in [0.15, 0.2) is 66.0 Å². The summed E-state index contributed by atoms with van der Waals surface area (Å²) in [6, 6.07) is 19.4. The third-order valence-electron chi connectivity index (χ3n) is 4.58. The van der Waals surface area contributed by atoms with Gasteiger partial charge < -0.3 is 14.8 Å². The summed E-state index contributed by atoms with van der Waals surface area (Å²) in [5, 5.41) is 5.02. The van der Waals surface area contributed by atoms with E-state index in [4.69, 9.17) is 9.47 Å². The Labute approximate surface area is 182 Å². The van der Waals surface area contributed by atoms with Crippen LogP contribution >= 0.6 is 11.3 Å². The molecule has 1 N–H and O–H groups in total. The third-order valence-corrected chi connectivity index (χ3v) is 5.44. The summed E-state index contributed by atoms with van der Waals surface area (Å²) in [7, 11) is 3.70. The fraction of sp³-hybridized carbons (Fsp3) is 0.292. The number of methoxy groups -OCH3 is 1. The number of carbonyl (C=O) groups is 1. The monoisotopic (exact) mass is 424 g/mol. The molecule has 1 amide bonds. The molecule has 0 saturated carbocycles. The van der Waals surface area contributed by atoms with Gasteiger partial charge in [-0.05, 0) is 61.3 Å². The number of ether oxygens (including phenoxy) is 2. The highest BCUT2D eigenvalue weighted by molar-refractivity contribution is 7.09. The molecule has 0 saturated heterocycles. The molecular formula is C24H28N2O3S. The zero-order valence-electron chi connectivity index (χ0n) is 17.6. The summed E-state index contributed by atoms with van der Waals surface area (Å²) >= 11 is 1.77. The van der Waals surface area contributed by atoms with Crippen LogP contribution in [0.4, 0.5) is 0 Å². The predicted molar refractivity (Wildman–Crippen MR) is 121 cm³/mol. The van der Waals surface area contributed by atoms with Crippen LogP contribution < -0.4 is 14.8 Å². The van der Waals surface area contributed by atoms with Crippen LogP contribution in [0, 0.1) is 0 Å². The van der Waals surface area contributed by atoms with Crippen molar-refractivity contribution >= 4 is 17.2 Å². The van der Waals surface area contributed by atoms with E-state index >= 15 is 0 Å². The normalized spacial score (nSPS) is 11.9. The van der Waals surface area contributed by atoms with Crippen LogP contribution in [0.25, 0.3) is 0 Å². The molecule has 0 spiro atoms. The molecule has 1 aromatic heterocycles. The fourth-order valence-corrected chi connectivity index (χ4v) is 3.91. The van der Waals surface area contributed by atoms with Gasteiger partial charge in [0.25, 0.3) is 5.91 Å². The van der Waals surface area contributed by atoms with E-state index in [1.165, 1.54) is 10.4 Å². The molecule has 0 aliphatic heterocycles. The van der Waals surface area contributed by atoms with E-state index in [-0.39, 0.29) is 12.0 Å². The Morgan fingerprint density at radius 3 is 2.63 bits per heavy atom. The second-order valence-corrected chi connectivity index (χ2v) is 8.30. The lowest BCUT2D eigenvalue weighted by molar-refractivity contribution is 0.0932. The molecule has 0 aliphatic carbocycles. The fourth-order valence-electron chi connectivity index (χ4n) is 3.13. The first-order chi connectivity index (χ1) is 14.5. The standard InChI is InChI=1S/C24H28N2O3S/c1-18(15-25-24(27)20-8-5-9-21(14-20)28-3)29-22-10-4-7-19(13-22)16-26(2)17-23-11-6-12-30-23/h4-14,18H,15-17H2,1-3H3,(H,25,27). The minimum absolute atomic E-state index is 0.145. The molecule has 158 valence electrons. The Kier molecular flexibility index (Phi) is 7.88. The molecule has 0 aliphatic rings. The lowest BCUT2D eigenvalue weighted by Gasteiger charge is -2.18. The van der Waals surface area contributed by atoms with Gasteiger partial charge in [-0.1, -0.05) is 24.3 Å². The van der Waals surface area contributed by atoms with E-state index in [2.05, 4.69) is 46.9 Å². The van der Waals surface area contributed by atoms with Gasteiger partial charge in [0.15, 0.2) is 0 Å². The van der Waals surface area contributed by atoms with Gasteiger partial charge in [-0.25, -0.2) is 0 Å². The molecule has 1 heterocycles. The quantitative estimate of drug-likeness (QED) is 0.517. The average molecular weight is 425 g/mol. The van der Waals surface area contributed by atoms with Crippen LogP contribution in [0.5, 0.6) is 11.5 Å². The molecule has 6 heteroatoms. The smallest absolute Gasteiger partial charge is 0.251 e. The number of benzene rings is 2. The SMILES string of the molecule is COc1cccc(C(=O)NCC(C)Oc2cccc(CN(C)Cc3cccs3)c2)c1. The zero-order valence-corrected chi connectivity index (χ0v) is 18.4. The molecule has 1 unspecified atom stereocenters. The lowest BCUT2D eigenvalue weighted by Crippen LogP contribution is -2.33. The van der Waals surface area contributed by atoms with Gasteiger partial charge in [0.2, 0.25) is 0 Å². The highest BCUT2D eigenvalue weighted by Crippen LogP contribution is 2.18. The van der Waals surface area contributed by atoms with Crippen LogP contribution in [0.2, 0.25) is 0 Å². The topological polar surface area (TPSA) is 50.8 Å². The van der Waals surface area contributed by atoms with Crippen molar-refractivity contribution in [3.63, 3.8) is 0 Å². The Morgan fingerprint density at radius 2 is 1.87 bits per heavy atom. The van der Waals surface area contributed by atoms with Crippen LogP contribution in [-0.2, 0) is 13.1 Å². The van der Waals surface area contributed by atoms with Crippen LogP contribution in [0.1, 0.15) is 27.7 Å². The molecule has 1 atom stereocenters. The largest absolute Gasteiger partial charge is 0.497 e. The highest BCUT2D eigenvalue weighted by Gasteiger charge is 2.11. The number of hydrogen-bond acceptors (Lipinski definition) is 5. The van der Waals surface area contributed by atoms with Crippen LogP contribution in [0.3, 0.4) is 0 Å². The van der Waals surface area contributed by atoms with Crippen molar-refractivity contribution in [2.24, 2.45) is 0 Å². The summed E-state index contributed by atoms with van der Waals surface area (Å²) in [5.41, 5.74) is 1.76. The molecule has 0 radical (unpaired) electrons. The number of nitrogens with zero attached hydrogens (tertiary/aromatic N) is 1. The maximum atomic E-state index is 12.3. The van der Waals surface area contributed by atoms with Crippen molar-refractivity contribution in [1.82, 2.24) is 10.2 Å². The van der Waals surface area contributed by atoms with E-state index in [1.54, 1.807) is 36.6 Å². The summed E-state index contributed by atoms with van der Waals surface area (Å²) in [4.78, 5) is 16.0. The Hall–Kier alpha value is -2.83. The molecule has 0 bridgehead atoms. The summed E-state index contributed by atoms with van der Waals surface area (Å²) < 4.78 is 11.2. The van der Waals surface area contributed by atoms with Gasteiger partial charge >= 0.3 is 0 Å². The Morgan fingerprint density at radius 1 is 1.07 bits per heavy atom. The Balaban J connectivity index is 1.49. The van der Waals surface area contributed by atoms with E-state index in [0.717, 1.165) is 18.8 Å². The first-order valence-electron chi connectivity index (χ1n) is 9.92. The van der Waals surface area contributed by atoms with Crippen molar-refractivity contribution in [1.29, 1.82) is 0 Å². The van der Waals surface area contributed by atoms with Gasteiger partial charge in [0.05, 0.1) is 13.7 Å². The summed E-state index contributed by atoms with van der Waals surface area (Å²) in [6.07, 6.45) is -0.154. The van der Waals surface area contributed by atoms with E-state index in [1.807, 2.05) is 25.1 Å². The van der Waals surface area contributed by atoms with Crippen molar-refractivity contribution < 1.29 is 14.3 Å². The number of amides is 1. The molecule has 3 aromatic rings. The number of nitrogens with one attached hydrogen (secondary N) is 1. The van der Waals surface area contributed by atoms with Gasteiger partial charge in [-0.2, -0.15) is 0 Å². The summed E-state index contributed by atoms with van der Waals surface area (Å²) in [6.45, 7) is 4.13. The molecule has 2 aromatic carbocycles. The van der Waals surface area contributed by atoms with Gasteiger partial charge in [-0.3, -0.25) is 9.69 Å². The van der Waals surface area contributed by atoms with E-state index in [9.17, 15) is 4.79 Å². The molecule has 5 nitrogen and oxygen atoms in total. The highest BCUT2D eigenvalue weighted by atomic mass is 32.1. The second kappa shape index (κ2) is 10.8. The van der Waals surface area contributed by atoms with Crippen LogP contribution in [-0.4, -0.2) is 37.6 Å². The van der Waals surface area contributed by atoms with E-state index in [0.29, 0.717) is 17.9 Å². The van der Waals surface area contributed by atoms with Crippen molar-refractivity contribution in [3.05, 3.63) is 82.0 Å². The third kappa shape index (κ3) is 6.61. The first-order valence-corrected chi connectivity index (χ1v) is 10.8. The lowest BCUT2D eigenvalue weighted by atomic mass is 10.2.